The molecule has 6 heteroatoms. The molecule has 3 heterocycles. The molecule has 1 atom stereocenters. The van der Waals surface area contributed by atoms with Gasteiger partial charge in [0.05, 0.1) is 6.04 Å². The van der Waals surface area contributed by atoms with Crippen LogP contribution in [0.4, 0.5) is 11.6 Å². The third kappa shape index (κ3) is 2.89. The minimum Gasteiger partial charge on any atom is -0.491 e. The Morgan fingerprint density at radius 2 is 2.11 bits per heavy atom. The van der Waals surface area contributed by atoms with Crippen molar-refractivity contribution >= 4 is 23.6 Å². The van der Waals surface area contributed by atoms with Crippen LogP contribution in [0.25, 0.3) is 0 Å². The Morgan fingerprint density at radius 1 is 1.15 bits per heavy atom. The average Bonchev–Trinajstić information content (AvgIpc) is 3.36. The average molecular weight is 362 g/mol. The van der Waals surface area contributed by atoms with Gasteiger partial charge in [0.15, 0.2) is 11.6 Å². The lowest BCUT2D eigenvalue weighted by molar-refractivity contribution is 0.0971. The predicted molar refractivity (Wildman–Crippen MR) is 103 cm³/mol. The first kappa shape index (κ1) is 16.4. The largest absolute Gasteiger partial charge is 0.491 e. The first-order valence-corrected chi connectivity index (χ1v) is 9.72. The molecule has 0 amide bonds. The van der Waals surface area contributed by atoms with Crippen LogP contribution in [0.1, 0.15) is 47.2 Å². The number of aliphatic imine (C=N–C) groups is 1. The van der Waals surface area contributed by atoms with Gasteiger partial charge in [-0.05, 0) is 31.7 Å². The Morgan fingerprint density at radius 3 is 3.07 bits per heavy atom. The lowest BCUT2D eigenvalue weighted by Gasteiger charge is -2.28. The van der Waals surface area contributed by atoms with Crippen molar-refractivity contribution in [3.8, 4) is 5.75 Å². The maximum atomic E-state index is 12.2. The summed E-state index contributed by atoms with van der Waals surface area (Å²) in [5, 5.41) is 0. The summed E-state index contributed by atoms with van der Waals surface area (Å²) in [4.78, 5) is 27.7. The van der Waals surface area contributed by atoms with Crippen molar-refractivity contribution in [2.45, 2.75) is 44.6 Å². The molecule has 0 radical (unpaired) electrons. The first-order valence-electron chi connectivity index (χ1n) is 9.72. The number of ether oxygens (including phenoxy) is 1. The zero-order valence-corrected chi connectivity index (χ0v) is 15.2. The molecule has 0 saturated carbocycles. The van der Waals surface area contributed by atoms with Crippen LogP contribution in [-0.2, 0) is 12.8 Å². The van der Waals surface area contributed by atoms with Gasteiger partial charge < -0.3 is 9.64 Å². The van der Waals surface area contributed by atoms with E-state index in [2.05, 4.69) is 19.9 Å². The molecular formula is C21H22N4O2. The number of benzene rings is 1. The second-order valence-corrected chi connectivity index (χ2v) is 7.37. The van der Waals surface area contributed by atoms with Crippen LogP contribution in [-0.4, -0.2) is 41.2 Å². The Kier molecular flexibility index (Phi) is 4.11. The van der Waals surface area contributed by atoms with E-state index in [9.17, 15) is 4.79 Å². The molecule has 5 rings (SSSR count). The summed E-state index contributed by atoms with van der Waals surface area (Å²) in [5.41, 5.74) is 3.04. The first-order chi connectivity index (χ1) is 13.3. The highest BCUT2D eigenvalue weighted by Crippen LogP contribution is 2.34. The van der Waals surface area contributed by atoms with Gasteiger partial charge in [-0.25, -0.2) is 15.0 Å². The van der Waals surface area contributed by atoms with Gasteiger partial charge in [-0.3, -0.25) is 4.79 Å². The molecule has 1 saturated heterocycles. The molecule has 27 heavy (non-hydrogen) atoms. The van der Waals surface area contributed by atoms with E-state index in [1.54, 1.807) is 6.33 Å². The number of ketones is 1. The number of carbonyl (C=O) groups excluding carboxylic acids is 1. The lowest BCUT2D eigenvalue weighted by atomic mass is 9.90. The van der Waals surface area contributed by atoms with Gasteiger partial charge >= 0.3 is 0 Å². The second-order valence-electron chi connectivity index (χ2n) is 7.37. The van der Waals surface area contributed by atoms with Crippen LogP contribution < -0.4 is 9.64 Å². The highest BCUT2D eigenvalue weighted by atomic mass is 16.5. The molecule has 0 unspecified atom stereocenters. The second kappa shape index (κ2) is 6.76. The van der Waals surface area contributed by atoms with E-state index < -0.39 is 0 Å². The molecule has 1 aromatic heterocycles. The number of rotatable bonds is 4. The molecule has 1 aliphatic carbocycles. The van der Waals surface area contributed by atoms with Gasteiger partial charge in [0.1, 0.15) is 24.5 Å². The molecular weight excluding hydrogens is 340 g/mol. The maximum absolute atomic E-state index is 12.2. The SMILES string of the molecule is O=C1CCCc2c(OC[C@H]3CCCN3c3ncnc4c3CC=N4)cccc21. The molecule has 138 valence electrons. The zero-order chi connectivity index (χ0) is 18.2. The molecule has 2 aromatic rings. The van der Waals surface area contributed by atoms with Crippen LogP contribution in [0.3, 0.4) is 0 Å². The molecule has 2 aliphatic heterocycles. The Labute approximate surface area is 158 Å². The summed E-state index contributed by atoms with van der Waals surface area (Å²) in [6.45, 7) is 1.58. The van der Waals surface area contributed by atoms with E-state index in [1.165, 1.54) is 0 Å². The van der Waals surface area contributed by atoms with Crippen LogP contribution in [0.2, 0.25) is 0 Å². The van der Waals surface area contributed by atoms with Crippen LogP contribution in [0.5, 0.6) is 5.75 Å². The number of Topliss-reactive ketones (excluding diaryl/α,β-unsaturated/α-hetero) is 1. The van der Waals surface area contributed by atoms with Crippen molar-refractivity contribution in [1.82, 2.24) is 9.97 Å². The third-order valence-corrected chi connectivity index (χ3v) is 5.75. The third-order valence-electron chi connectivity index (χ3n) is 5.75. The van der Waals surface area contributed by atoms with E-state index in [4.69, 9.17) is 4.74 Å². The van der Waals surface area contributed by atoms with E-state index in [-0.39, 0.29) is 11.8 Å². The number of hydrogen-bond acceptors (Lipinski definition) is 6. The summed E-state index contributed by atoms with van der Waals surface area (Å²) in [6, 6.07) is 6.13. The summed E-state index contributed by atoms with van der Waals surface area (Å²) < 4.78 is 6.24. The van der Waals surface area contributed by atoms with E-state index in [0.29, 0.717) is 13.0 Å². The topological polar surface area (TPSA) is 67.7 Å². The summed E-state index contributed by atoms with van der Waals surface area (Å²) in [5.74, 6) is 2.89. The highest BCUT2D eigenvalue weighted by molar-refractivity contribution is 5.99. The van der Waals surface area contributed by atoms with Crippen molar-refractivity contribution in [3.05, 3.63) is 41.2 Å². The normalized spacial score (nSPS) is 20.7. The van der Waals surface area contributed by atoms with E-state index in [0.717, 1.165) is 72.7 Å². The standard InChI is InChI=1S/C21H22N4O2/c26-18-7-1-6-16-15(18)5-2-8-19(16)27-12-14-4-3-11-25(14)21-17-9-10-22-20(17)23-13-24-21/h2,5,8,10,13-14H,1,3-4,6-7,9,11-12H2/t14-/m1/s1. The van der Waals surface area contributed by atoms with Gasteiger partial charge in [0.25, 0.3) is 0 Å². The Hall–Kier alpha value is -2.76. The minimum absolute atomic E-state index is 0.237. The van der Waals surface area contributed by atoms with Crippen LogP contribution in [0, 0.1) is 0 Å². The molecule has 0 bridgehead atoms. The molecule has 1 fully saturated rings. The fourth-order valence-corrected chi connectivity index (χ4v) is 4.41. The summed E-state index contributed by atoms with van der Waals surface area (Å²) in [6.07, 6.45) is 8.98. The number of fused-ring (bicyclic) bond motifs is 2. The van der Waals surface area contributed by atoms with Crippen molar-refractivity contribution < 1.29 is 9.53 Å². The fourth-order valence-electron chi connectivity index (χ4n) is 4.41. The van der Waals surface area contributed by atoms with Crippen molar-refractivity contribution in [2.24, 2.45) is 4.99 Å². The number of carbonyl (C=O) groups is 1. The predicted octanol–water partition coefficient (Wildman–Crippen LogP) is 3.30. The van der Waals surface area contributed by atoms with Gasteiger partial charge in [-0.1, -0.05) is 12.1 Å². The van der Waals surface area contributed by atoms with E-state index >= 15 is 0 Å². The lowest BCUT2D eigenvalue weighted by Crippen LogP contribution is -2.35. The van der Waals surface area contributed by atoms with Gasteiger partial charge in [0, 0.05) is 42.3 Å². The van der Waals surface area contributed by atoms with Crippen molar-refractivity contribution in [2.75, 3.05) is 18.1 Å². The number of hydrogen-bond donors (Lipinski definition) is 0. The van der Waals surface area contributed by atoms with Crippen LogP contribution >= 0.6 is 0 Å². The minimum atomic E-state index is 0.237. The maximum Gasteiger partial charge on any atom is 0.163 e. The number of nitrogens with zero attached hydrogens (tertiary/aromatic N) is 4. The quantitative estimate of drug-likeness (QED) is 0.835. The molecule has 3 aliphatic rings. The van der Waals surface area contributed by atoms with Gasteiger partial charge in [0.2, 0.25) is 0 Å². The Balaban J connectivity index is 1.36. The van der Waals surface area contributed by atoms with E-state index in [1.807, 2.05) is 24.4 Å². The molecule has 6 nitrogen and oxygen atoms in total. The van der Waals surface area contributed by atoms with Crippen LogP contribution in [0.15, 0.2) is 29.5 Å². The monoisotopic (exact) mass is 362 g/mol. The molecule has 1 aromatic carbocycles. The van der Waals surface area contributed by atoms with Crippen molar-refractivity contribution in [3.63, 3.8) is 0 Å². The smallest absolute Gasteiger partial charge is 0.163 e. The fraction of sp³-hybridized carbons (Fsp3) is 0.429. The van der Waals surface area contributed by atoms with Gasteiger partial charge in [-0.15, -0.1) is 0 Å². The van der Waals surface area contributed by atoms with Crippen molar-refractivity contribution in [1.29, 1.82) is 0 Å². The number of aromatic nitrogens is 2. The Bertz CT molecular complexity index is 924. The molecule has 0 N–H and O–H groups in total. The summed E-state index contributed by atoms with van der Waals surface area (Å²) in [7, 11) is 0. The molecule has 0 spiro atoms. The van der Waals surface area contributed by atoms with Gasteiger partial charge in [-0.2, -0.15) is 0 Å². The zero-order valence-electron chi connectivity index (χ0n) is 15.2. The highest BCUT2D eigenvalue weighted by Gasteiger charge is 2.30. The summed E-state index contributed by atoms with van der Waals surface area (Å²) >= 11 is 0. The number of anilines is 1.